The van der Waals surface area contributed by atoms with Crippen LogP contribution in [0.25, 0.3) is 0 Å². The van der Waals surface area contributed by atoms with Crippen LogP contribution in [0.5, 0.6) is 0 Å². The van der Waals surface area contributed by atoms with E-state index in [0.717, 1.165) is 23.1 Å². The average molecular weight is 310 g/mol. The normalized spacial score (nSPS) is 11.7. The van der Waals surface area contributed by atoms with E-state index < -0.39 is 10.0 Å². The van der Waals surface area contributed by atoms with Crippen LogP contribution in [0, 0.1) is 6.92 Å². The summed E-state index contributed by atoms with van der Waals surface area (Å²) in [4.78, 5) is 0.208. The first-order valence-corrected chi connectivity index (χ1v) is 8.76. The molecule has 0 aliphatic carbocycles. The first kappa shape index (κ1) is 15.0. The number of hydrogen-bond acceptors (Lipinski definition) is 4. The molecule has 2 rings (SSSR count). The molecule has 0 aliphatic heterocycles. The first-order valence-electron chi connectivity index (χ1n) is 6.33. The highest BCUT2D eigenvalue weighted by Gasteiger charge is 2.15. The van der Waals surface area contributed by atoms with Crippen LogP contribution < -0.4 is 10.5 Å². The Kier molecular flexibility index (Phi) is 4.47. The molecule has 0 fully saturated rings. The zero-order chi connectivity index (χ0) is 14.8. The number of aryl methyl sites for hydroxylation is 2. The third kappa shape index (κ3) is 3.20. The van der Waals surface area contributed by atoms with Gasteiger partial charge in [-0.15, -0.1) is 0 Å². The maximum atomic E-state index is 12.2. The Hall–Kier alpha value is -1.37. The number of thiophene rings is 1. The Balaban J connectivity index is 2.18. The number of anilines is 1. The Labute approximate surface area is 123 Å². The number of benzene rings is 1. The van der Waals surface area contributed by atoms with E-state index in [9.17, 15) is 8.42 Å². The van der Waals surface area contributed by atoms with Crippen molar-refractivity contribution < 1.29 is 8.42 Å². The molecule has 3 N–H and O–H groups in total. The van der Waals surface area contributed by atoms with E-state index in [-0.39, 0.29) is 4.90 Å². The van der Waals surface area contributed by atoms with Crippen LogP contribution >= 0.6 is 11.3 Å². The maximum Gasteiger partial charge on any atom is 0.240 e. The third-order valence-corrected chi connectivity index (χ3v) is 5.53. The zero-order valence-electron chi connectivity index (χ0n) is 11.5. The number of nitrogens with one attached hydrogen (secondary N) is 1. The number of nitrogens with two attached hydrogens (primary N) is 1. The summed E-state index contributed by atoms with van der Waals surface area (Å²) in [6.07, 6.45) is 0.785. The monoisotopic (exact) mass is 310 g/mol. The SMILES string of the molecule is CCc1ccc(S(=O)(=O)NCc2cscc2C)cc1N. The van der Waals surface area contributed by atoms with Gasteiger partial charge in [-0.25, -0.2) is 13.1 Å². The number of sulfonamides is 1. The molecule has 1 heterocycles. The van der Waals surface area contributed by atoms with Gasteiger partial charge in [0.25, 0.3) is 0 Å². The fraction of sp³-hybridized carbons (Fsp3) is 0.286. The van der Waals surface area contributed by atoms with E-state index in [4.69, 9.17) is 5.73 Å². The smallest absolute Gasteiger partial charge is 0.240 e. The van der Waals surface area contributed by atoms with Gasteiger partial charge in [0.15, 0.2) is 0 Å². The standard InChI is InChI=1S/C14H18N2O2S2/c1-3-11-4-5-13(6-14(11)15)20(17,18)16-7-12-9-19-8-10(12)2/h4-6,8-9,16H,3,7,15H2,1-2H3. The molecule has 4 nitrogen and oxygen atoms in total. The van der Waals surface area contributed by atoms with E-state index in [1.807, 2.05) is 24.6 Å². The van der Waals surface area contributed by atoms with E-state index in [1.165, 1.54) is 6.07 Å². The maximum absolute atomic E-state index is 12.2. The van der Waals surface area contributed by atoms with E-state index in [2.05, 4.69) is 4.72 Å². The molecule has 0 unspecified atom stereocenters. The minimum Gasteiger partial charge on any atom is -0.398 e. The summed E-state index contributed by atoms with van der Waals surface area (Å²) in [5.74, 6) is 0. The molecule has 6 heteroatoms. The Morgan fingerprint density at radius 2 is 2.00 bits per heavy atom. The molecular weight excluding hydrogens is 292 g/mol. The lowest BCUT2D eigenvalue weighted by Crippen LogP contribution is -2.23. The molecule has 20 heavy (non-hydrogen) atoms. The zero-order valence-corrected chi connectivity index (χ0v) is 13.1. The molecule has 0 bridgehead atoms. The van der Waals surface area contributed by atoms with Gasteiger partial charge in [0.05, 0.1) is 4.90 Å². The van der Waals surface area contributed by atoms with Crippen molar-refractivity contribution in [2.45, 2.75) is 31.7 Å². The number of hydrogen-bond donors (Lipinski definition) is 2. The first-order chi connectivity index (χ1) is 9.44. The summed E-state index contributed by atoms with van der Waals surface area (Å²) in [6, 6.07) is 4.87. The predicted molar refractivity (Wildman–Crippen MR) is 83.3 cm³/mol. The van der Waals surface area contributed by atoms with Crippen LogP contribution in [0.15, 0.2) is 33.9 Å². The van der Waals surface area contributed by atoms with Crippen LogP contribution in [0.3, 0.4) is 0 Å². The van der Waals surface area contributed by atoms with Gasteiger partial charge < -0.3 is 5.73 Å². The molecular formula is C14H18N2O2S2. The van der Waals surface area contributed by atoms with Crippen molar-refractivity contribution in [3.63, 3.8) is 0 Å². The van der Waals surface area contributed by atoms with Gasteiger partial charge in [0.1, 0.15) is 0 Å². The highest BCUT2D eigenvalue weighted by atomic mass is 32.2. The molecule has 0 saturated carbocycles. The van der Waals surface area contributed by atoms with Crippen LogP contribution in [0.4, 0.5) is 5.69 Å². The van der Waals surface area contributed by atoms with Crippen molar-refractivity contribution in [2.75, 3.05) is 5.73 Å². The van der Waals surface area contributed by atoms with Gasteiger partial charge in [-0.1, -0.05) is 13.0 Å². The van der Waals surface area contributed by atoms with Gasteiger partial charge in [-0.05, 0) is 52.9 Å². The quantitative estimate of drug-likeness (QED) is 0.834. The van der Waals surface area contributed by atoms with Gasteiger partial charge in [0, 0.05) is 12.2 Å². The van der Waals surface area contributed by atoms with Gasteiger partial charge in [-0.2, -0.15) is 11.3 Å². The molecule has 0 spiro atoms. The minimum absolute atomic E-state index is 0.208. The highest BCUT2D eigenvalue weighted by Crippen LogP contribution is 2.19. The average Bonchev–Trinajstić information content (AvgIpc) is 2.82. The topological polar surface area (TPSA) is 72.2 Å². The second-order valence-corrected chi connectivity index (χ2v) is 7.13. The summed E-state index contributed by atoms with van der Waals surface area (Å²) in [7, 11) is -3.53. The van der Waals surface area contributed by atoms with Crippen molar-refractivity contribution in [1.82, 2.24) is 4.72 Å². The van der Waals surface area contributed by atoms with Crippen molar-refractivity contribution in [3.8, 4) is 0 Å². The number of rotatable bonds is 5. The molecule has 0 amide bonds. The molecule has 1 aromatic carbocycles. The Morgan fingerprint density at radius 1 is 1.25 bits per heavy atom. The second-order valence-electron chi connectivity index (χ2n) is 4.62. The van der Waals surface area contributed by atoms with Crippen molar-refractivity contribution in [2.24, 2.45) is 0 Å². The lowest BCUT2D eigenvalue weighted by atomic mass is 10.1. The van der Waals surface area contributed by atoms with Gasteiger partial charge >= 0.3 is 0 Å². The van der Waals surface area contributed by atoms with Crippen molar-refractivity contribution >= 4 is 27.0 Å². The lowest BCUT2D eigenvalue weighted by molar-refractivity contribution is 0.581. The molecule has 108 valence electrons. The third-order valence-electron chi connectivity index (χ3n) is 3.22. The lowest BCUT2D eigenvalue weighted by Gasteiger charge is -2.09. The summed E-state index contributed by atoms with van der Waals surface area (Å²) in [5.41, 5.74) is 9.42. The molecule has 0 radical (unpaired) electrons. The van der Waals surface area contributed by atoms with Crippen LogP contribution in [-0.2, 0) is 23.0 Å². The van der Waals surface area contributed by atoms with Crippen molar-refractivity contribution in [1.29, 1.82) is 0 Å². The number of nitrogen functional groups attached to an aromatic ring is 1. The van der Waals surface area contributed by atoms with Gasteiger partial charge in [0.2, 0.25) is 10.0 Å². The molecule has 0 atom stereocenters. The van der Waals surface area contributed by atoms with Gasteiger partial charge in [-0.3, -0.25) is 0 Å². The molecule has 0 saturated heterocycles. The summed E-state index contributed by atoms with van der Waals surface area (Å²) in [6.45, 7) is 4.25. The molecule has 1 aromatic heterocycles. The minimum atomic E-state index is -3.53. The fourth-order valence-electron chi connectivity index (χ4n) is 1.89. The Bertz CT molecular complexity index is 706. The predicted octanol–water partition coefficient (Wildman–Crippen LogP) is 2.68. The largest absolute Gasteiger partial charge is 0.398 e. The van der Waals surface area contributed by atoms with Crippen LogP contribution in [0.2, 0.25) is 0 Å². The van der Waals surface area contributed by atoms with E-state index in [0.29, 0.717) is 12.2 Å². The second kappa shape index (κ2) is 5.95. The summed E-state index contributed by atoms with van der Waals surface area (Å²) >= 11 is 1.57. The van der Waals surface area contributed by atoms with E-state index >= 15 is 0 Å². The van der Waals surface area contributed by atoms with Crippen LogP contribution in [-0.4, -0.2) is 8.42 Å². The van der Waals surface area contributed by atoms with Crippen molar-refractivity contribution in [3.05, 3.63) is 45.6 Å². The van der Waals surface area contributed by atoms with E-state index in [1.54, 1.807) is 23.5 Å². The Morgan fingerprint density at radius 3 is 2.55 bits per heavy atom. The molecule has 2 aromatic rings. The summed E-state index contributed by atoms with van der Waals surface area (Å²) in [5, 5.41) is 3.95. The van der Waals surface area contributed by atoms with Crippen LogP contribution in [0.1, 0.15) is 23.6 Å². The fourth-order valence-corrected chi connectivity index (χ4v) is 3.78. The summed E-state index contributed by atoms with van der Waals surface area (Å²) < 4.78 is 27.1. The molecule has 0 aliphatic rings. The highest BCUT2D eigenvalue weighted by molar-refractivity contribution is 7.89.